The zero-order valence-electron chi connectivity index (χ0n) is 17.8. The fourth-order valence-corrected chi connectivity index (χ4v) is 4.00. The molecule has 1 fully saturated rings. The van der Waals surface area contributed by atoms with Crippen LogP contribution in [-0.4, -0.2) is 23.9 Å². The number of nitrogens with zero attached hydrogens (tertiary/aromatic N) is 1. The van der Waals surface area contributed by atoms with Gasteiger partial charge in [0.1, 0.15) is 23.3 Å². The maximum atomic E-state index is 13.1. The number of ketones is 1. The first-order valence-corrected chi connectivity index (χ1v) is 9.90. The van der Waals surface area contributed by atoms with Crippen LogP contribution in [0, 0.1) is 20.8 Å². The molecule has 2 heterocycles. The van der Waals surface area contributed by atoms with Crippen LogP contribution in [0.15, 0.2) is 64.8 Å². The Morgan fingerprint density at radius 2 is 1.81 bits per heavy atom. The molecule has 0 saturated carbocycles. The minimum Gasteiger partial charge on any atom is -0.507 e. The van der Waals surface area contributed by atoms with Crippen molar-refractivity contribution in [1.29, 1.82) is 0 Å². The number of hydrogen-bond acceptors (Lipinski definition) is 5. The zero-order valence-corrected chi connectivity index (χ0v) is 17.8. The molecular formula is C25H23NO5. The second-order valence-corrected chi connectivity index (χ2v) is 7.66. The van der Waals surface area contributed by atoms with Crippen LogP contribution in [0.5, 0.6) is 5.75 Å². The average Bonchev–Trinajstić information content (AvgIpc) is 3.36. The van der Waals surface area contributed by atoms with E-state index in [9.17, 15) is 14.7 Å². The standard InChI is InChI=1S/C25H23NO5/c1-14-7-5-8-17(11-14)26-22(19-9-6-10-31-19)21(24(28)25(26)29)23(27)18-12-16(3)20(30-4)13-15(18)2/h5-13,22,27H,1-4H3/b23-21-. The summed E-state index contributed by atoms with van der Waals surface area (Å²) in [5, 5.41) is 11.3. The predicted molar refractivity (Wildman–Crippen MR) is 117 cm³/mol. The fraction of sp³-hybridized carbons (Fsp3) is 0.200. The maximum Gasteiger partial charge on any atom is 0.300 e. The van der Waals surface area contributed by atoms with E-state index in [1.807, 2.05) is 39.0 Å². The van der Waals surface area contributed by atoms with Crippen LogP contribution in [-0.2, 0) is 9.59 Å². The largest absolute Gasteiger partial charge is 0.507 e. The van der Waals surface area contributed by atoms with Gasteiger partial charge in [0, 0.05) is 11.3 Å². The molecule has 31 heavy (non-hydrogen) atoms. The summed E-state index contributed by atoms with van der Waals surface area (Å²) >= 11 is 0. The highest BCUT2D eigenvalue weighted by molar-refractivity contribution is 6.51. The molecule has 6 heteroatoms. The van der Waals surface area contributed by atoms with Crippen LogP contribution >= 0.6 is 0 Å². The highest BCUT2D eigenvalue weighted by Crippen LogP contribution is 2.43. The van der Waals surface area contributed by atoms with Gasteiger partial charge in [0.15, 0.2) is 0 Å². The van der Waals surface area contributed by atoms with Crippen molar-refractivity contribution in [3.63, 3.8) is 0 Å². The lowest BCUT2D eigenvalue weighted by Gasteiger charge is -2.24. The quantitative estimate of drug-likeness (QED) is 0.373. The number of aliphatic hydroxyl groups is 1. The summed E-state index contributed by atoms with van der Waals surface area (Å²) in [4.78, 5) is 27.6. The topological polar surface area (TPSA) is 80.0 Å². The van der Waals surface area contributed by atoms with Crippen molar-refractivity contribution in [2.45, 2.75) is 26.8 Å². The number of amides is 1. The van der Waals surface area contributed by atoms with E-state index >= 15 is 0 Å². The van der Waals surface area contributed by atoms with Gasteiger partial charge in [0.2, 0.25) is 0 Å². The molecule has 158 valence electrons. The smallest absolute Gasteiger partial charge is 0.300 e. The van der Waals surface area contributed by atoms with Crippen molar-refractivity contribution in [2.75, 3.05) is 12.0 Å². The monoisotopic (exact) mass is 417 g/mol. The Balaban J connectivity index is 1.95. The number of hydrogen-bond donors (Lipinski definition) is 1. The molecule has 0 bridgehead atoms. The molecule has 1 atom stereocenters. The normalized spacial score (nSPS) is 17.9. The SMILES string of the molecule is COc1cc(C)c(/C(O)=C2/C(=O)C(=O)N(c3cccc(C)c3)C2c2ccco2)cc1C. The van der Waals surface area contributed by atoms with Gasteiger partial charge in [-0.25, -0.2) is 0 Å². The van der Waals surface area contributed by atoms with Gasteiger partial charge in [0.05, 0.1) is 18.9 Å². The fourth-order valence-electron chi connectivity index (χ4n) is 4.00. The van der Waals surface area contributed by atoms with Crippen molar-refractivity contribution in [3.05, 3.63) is 88.4 Å². The number of aliphatic hydroxyl groups excluding tert-OH is 1. The molecule has 1 aliphatic heterocycles. The third kappa shape index (κ3) is 3.40. The number of anilines is 1. The summed E-state index contributed by atoms with van der Waals surface area (Å²) in [6.45, 7) is 5.57. The molecule has 1 aliphatic rings. The maximum absolute atomic E-state index is 13.1. The minimum atomic E-state index is -0.876. The van der Waals surface area contributed by atoms with E-state index in [-0.39, 0.29) is 11.3 Å². The molecule has 1 saturated heterocycles. The molecule has 0 aliphatic carbocycles. The lowest BCUT2D eigenvalue weighted by Crippen LogP contribution is -2.29. The number of carbonyl (C=O) groups is 2. The van der Waals surface area contributed by atoms with Crippen molar-refractivity contribution in [3.8, 4) is 5.75 Å². The predicted octanol–water partition coefficient (Wildman–Crippen LogP) is 4.84. The lowest BCUT2D eigenvalue weighted by molar-refractivity contribution is -0.132. The van der Waals surface area contributed by atoms with Crippen molar-refractivity contribution in [1.82, 2.24) is 0 Å². The molecular weight excluding hydrogens is 394 g/mol. The first-order chi connectivity index (χ1) is 14.8. The van der Waals surface area contributed by atoms with Crippen LogP contribution < -0.4 is 9.64 Å². The average molecular weight is 417 g/mol. The van der Waals surface area contributed by atoms with E-state index < -0.39 is 17.7 Å². The van der Waals surface area contributed by atoms with Crippen molar-refractivity contribution < 1.29 is 23.8 Å². The van der Waals surface area contributed by atoms with Crippen LogP contribution in [0.2, 0.25) is 0 Å². The van der Waals surface area contributed by atoms with Gasteiger partial charge in [-0.05, 0) is 73.9 Å². The molecule has 1 amide bonds. The molecule has 3 aromatic rings. The van der Waals surface area contributed by atoms with E-state index in [0.717, 1.165) is 16.7 Å². The Kier molecular flexibility index (Phi) is 5.15. The van der Waals surface area contributed by atoms with Gasteiger partial charge in [0.25, 0.3) is 11.7 Å². The number of rotatable bonds is 4. The molecule has 6 nitrogen and oxygen atoms in total. The first-order valence-electron chi connectivity index (χ1n) is 9.90. The molecule has 0 spiro atoms. The van der Waals surface area contributed by atoms with E-state index in [1.165, 1.54) is 11.2 Å². The summed E-state index contributed by atoms with van der Waals surface area (Å²) in [5.41, 5.74) is 3.49. The molecule has 1 N–H and O–H groups in total. The number of aryl methyl sites for hydroxylation is 3. The summed E-state index contributed by atoms with van der Waals surface area (Å²) in [7, 11) is 1.57. The zero-order chi connectivity index (χ0) is 22.3. The van der Waals surface area contributed by atoms with Crippen LogP contribution in [0.3, 0.4) is 0 Å². The second kappa shape index (κ2) is 7.80. The Bertz CT molecular complexity index is 1210. The van der Waals surface area contributed by atoms with E-state index in [0.29, 0.717) is 22.8 Å². The van der Waals surface area contributed by atoms with Gasteiger partial charge in [-0.1, -0.05) is 12.1 Å². The highest BCUT2D eigenvalue weighted by Gasteiger charge is 2.48. The lowest BCUT2D eigenvalue weighted by atomic mass is 9.95. The summed E-state index contributed by atoms with van der Waals surface area (Å²) in [6, 6.07) is 13.4. The number of benzene rings is 2. The van der Waals surface area contributed by atoms with Gasteiger partial charge < -0.3 is 14.3 Å². The number of Topliss-reactive ketones (excluding diaryl/α,β-unsaturated/α-hetero) is 1. The van der Waals surface area contributed by atoms with Gasteiger partial charge in [-0.2, -0.15) is 0 Å². The van der Waals surface area contributed by atoms with Gasteiger partial charge >= 0.3 is 0 Å². The van der Waals surface area contributed by atoms with Crippen LogP contribution in [0.1, 0.15) is 34.1 Å². The Hall–Kier alpha value is -3.80. The number of carbonyl (C=O) groups excluding carboxylic acids is 2. The second-order valence-electron chi connectivity index (χ2n) is 7.66. The van der Waals surface area contributed by atoms with E-state index in [4.69, 9.17) is 9.15 Å². The number of ether oxygens (including phenoxy) is 1. The summed E-state index contributed by atoms with van der Waals surface area (Å²) in [5.74, 6) is -0.634. The number of methoxy groups -OCH3 is 1. The van der Waals surface area contributed by atoms with E-state index in [1.54, 1.807) is 37.4 Å². The minimum absolute atomic E-state index is 0.00544. The first kappa shape index (κ1) is 20.5. The van der Waals surface area contributed by atoms with Gasteiger partial charge in [-0.3, -0.25) is 14.5 Å². The van der Waals surface area contributed by atoms with Crippen LogP contribution in [0.4, 0.5) is 5.69 Å². The van der Waals surface area contributed by atoms with Gasteiger partial charge in [-0.15, -0.1) is 0 Å². The summed E-state index contributed by atoms with van der Waals surface area (Å²) in [6.07, 6.45) is 1.48. The molecule has 1 aromatic heterocycles. The molecule has 1 unspecified atom stereocenters. The number of furan rings is 1. The van der Waals surface area contributed by atoms with Crippen molar-refractivity contribution in [2.24, 2.45) is 0 Å². The Labute approximate surface area is 180 Å². The molecule has 2 aromatic carbocycles. The molecule has 4 rings (SSSR count). The Morgan fingerprint density at radius 1 is 1.03 bits per heavy atom. The Morgan fingerprint density at radius 3 is 2.45 bits per heavy atom. The third-order valence-electron chi connectivity index (χ3n) is 5.53. The molecule has 0 radical (unpaired) electrons. The van der Waals surface area contributed by atoms with E-state index in [2.05, 4.69) is 0 Å². The van der Waals surface area contributed by atoms with Crippen LogP contribution in [0.25, 0.3) is 5.76 Å². The summed E-state index contributed by atoms with van der Waals surface area (Å²) < 4.78 is 10.9. The highest BCUT2D eigenvalue weighted by atomic mass is 16.5. The third-order valence-corrected chi connectivity index (χ3v) is 5.53. The van der Waals surface area contributed by atoms with Crippen molar-refractivity contribution >= 4 is 23.1 Å².